The van der Waals surface area contributed by atoms with Gasteiger partial charge < -0.3 is 10.1 Å². The Morgan fingerprint density at radius 2 is 2.12 bits per heavy atom. The fourth-order valence-electron chi connectivity index (χ4n) is 3.59. The highest BCUT2D eigenvalue weighted by Gasteiger charge is 2.29. The summed E-state index contributed by atoms with van der Waals surface area (Å²) in [5, 5.41) is 20.7. The van der Waals surface area contributed by atoms with Crippen molar-refractivity contribution in [3.8, 4) is 6.07 Å². The molecule has 1 N–H and O–H groups in total. The summed E-state index contributed by atoms with van der Waals surface area (Å²) in [4.78, 5) is 12.1. The molecule has 7 heteroatoms. The quantitative estimate of drug-likeness (QED) is 0.890. The monoisotopic (exact) mass is 355 g/mol. The molecule has 1 aliphatic carbocycles. The largest absolute Gasteiger partial charge is 0.444 e. The molecule has 1 saturated carbocycles. The van der Waals surface area contributed by atoms with Gasteiger partial charge in [0.05, 0.1) is 11.6 Å². The Bertz CT molecular complexity index is 859. The van der Waals surface area contributed by atoms with Gasteiger partial charge in [-0.1, -0.05) is 6.42 Å². The van der Waals surface area contributed by atoms with Gasteiger partial charge in [-0.2, -0.15) is 5.26 Å². The van der Waals surface area contributed by atoms with Gasteiger partial charge in [0, 0.05) is 23.7 Å². The van der Waals surface area contributed by atoms with E-state index in [1.165, 1.54) is 0 Å². The van der Waals surface area contributed by atoms with E-state index < -0.39 is 5.60 Å². The van der Waals surface area contributed by atoms with Gasteiger partial charge in [-0.05, 0) is 53.0 Å². The lowest BCUT2D eigenvalue weighted by Crippen LogP contribution is -2.41. The molecule has 2 atom stereocenters. The zero-order valence-electron chi connectivity index (χ0n) is 15.7. The number of pyridine rings is 1. The summed E-state index contributed by atoms with van der Waals surface area (Å²) >= 11 is 0. The van der Waals surface area contributed by atoms with Crippen LogP contribution in [0.15, 0.2) is 12.1 Å². The number of nitriles is 1. The van der Waals surface area contributed by atoms with E-state index in [4.69, 9.17) is 10.00 Å². The second-order valence-electron chi connectivity index (χ2n) is 7.96. The van der Waals surface area contributed by atoms with E-state index >= 15 is 0 Å². The Balaban J connectivity index is 1.77. The topological polar surface area (TPSA) is 92.3 Å². The van der Waals surface area contributed by atoms with Crippen molar-refractivity contribution in [3.63, 3.8) is 0 Å². The fraction of sp³-hybridized carbons (Fsp3) is 0.579. The number of fused-ring (bicyclic) bond motifs is 1. The number of alkyl carbamates (subject to hydrolysis) is 1. The summed E-state index contributed by atoms with van der Waals surface area (Å²) in [7, 11) is 0. The second kappa shape index (κ2) is 6.94. The molecule has 0 aliphatic heterocycles. The first-order valence-electron chi connectivity index (χ1n) is 9.02. The molecule has 1 fully saturated rings. The Hall–Kier alpha value is -2.62. The van der Waals surface area contributed by atoms with E-state index in [9.17, 15) is 4.79 Å². The number of rotatable bonds is 2. The molecule has 0 aromatic carbocycles. The molecular weight excluding hydrogens is 330 g/mol. The van der Waals surface area contributed by atoms with Crippen molar-refractivity contribution in [1.82, 2.24) is 19.9 Å². The third-order valence-corrected chi connectivity index (χ3v) is 4.60. The minimum Gasteiger partial charge on any atom is -0.444 e. The molecule has 0 radical (unpaired) electrons. The Labute approximate surface area is 153 Å². The first-order chi connectivity index (χ1) is 12.3. The molecule has 138 valence electrons. The molecule has 3 rings (SSSR count). The normalized spacial score (nSPS) is 20.6. The summed E-state index contributed by atoms with van der Waals surface area (Å²) in [5.74, 6) is 1.11. The van der Waals surface area contributed by atoms with Gasteiger partial charge in [0.1, 0.15) is 11.4 Å². The lowest BCUT2D eigenvalue weighted by Gasteiger charge is -2.30. The molecule has 2 aromatic heterocycles. The van der Waals surface area contributed by atoms with Crippen LogP contribution in [-0.4, -0.2) is 32.3 Å². The summed E-state index contributed by atoms with van der Waals surface area (Å²) in [5.41, 5.74) is 1.72. The highest BCUT2D eigenvalue weighted by atomic mass is 16.6. The van der Waals surface area contributed by atoms with E-state index in [2.05, 4.69) is 21.6 Å². The van der Waals surface area contributed by atoms with Crippen molar-refractivity contribution < 1.29 is 9.53 Å². The molecule has 0 bridgehead atoms. The minimum atomic E-state index is -0.503. The third kappa shape index (κ3) is 3.96. The van der Waals surface area contributed by atoms with Gasteiger partial charge in [-0.3, -0.25) is 4.40 Å². The lowest BCUT2D eigenvalue weighted by molar-refractivity contribution is 0.0490. The lowest BCUT2D eigenvalue weighted by atomic mass is 9.85. The number of nitrogens with one attached hydrogen (secondary N) is 1. The van der Waals surface area contributed by atoms with Crippen LogP contribution in [0.3, 0.4) is 0 Å². The van der Waals surface area contributed by atoms with Crippen molar-refractivity contribution in [2.45, 2.75) is 70.9 Å². The van der Waals surface area contributed by atoms with Crippen LogP contribution in [0.2, 0.25) is 0 Å². The number of carbonyl (C=O) groups is 1. The van der Waals surface area contributed by atoms with Gasteiger partial charge in [-0.25, -0.2) is 4.79 Å². The second-order valence-corrected chi connectivity index (χ2v) is 7.96. The third-order valence-electron chi connectivity index (χ3n) is 4.60. The summed E-state index contributed by atoms with van der Waals surface area (Å²) in [6, 6.07) is 5.82. The summed E-state index contributed by atoms with van der Waals surface area (Å²) in [6.45, 7) is 7.53. The van der Waals surface area contributed by atoms with E-state index in [0.717, 1.165) is 37.2 Å². The molecule has 7 nitrogen and oxygen atoms in total. The minimum absolute atomic E-state index is 0.0645. The molecule has 1 amide bonds. The van der Waals surface area contributed by atoms with Crippen LogP contribution in [0.5, 0.6) is 0 Å². The average molecular weight is 355 g/mol. The Kier molecular flexibility index (Phi) is 4.86. The van der Waals surface area contributed by atoms with Crippen LogP contribution in [0, 0.1) is 18.3 Å². The van der Waals surface area contributed by atoms with Gasteiger partial charge in [0.15, 0.2) is 5.65 Å². The number of nitrogens with zero attached hydrogens (tertiary/aromatic N) is 4. The zero-order chi connectivity index (χ0) is 18.9. The number of carbonyl (C=O) groups excluding carboxylic acids is 1. The van der Waals surface area contributed by atoms with Gasteiger partial charge in [0.2, 0.25) is 0 Å². The highest BCUT2D eigenvalue weighted by molar-refractivity contribution is 5.68. The molecule has 2 heterocycles. The molecule has 2 aromatic rings. The van der Waals surface area contributed by atoms with E-state index in [1.54, 1.807) is 6.07 Å². The van der Waals surface area contributed by atoms with E-state index in [1.807, 2.05) is 38.2 Å². The number of amides is 1. The van der Waals surface area contributed by atoms with Crippen molar-refractivity contribution in [1.29, 1.82) is 5.26 Å². The van der Waals surface area contributed by atoms with Crippen LogP contribution < -0.4 is 5.32 Å². The smallest absolute Gasteiger partial charge is 0.407 e. The van der Waals surface area contributed by atoms with Crippen LogP contribution in [0.4, 0.5) is 4.79 Å². The number of aromatic nitrogens is 3. The Morgan fingerprint density at radius 3 is 2.81 bits per heavy atom. The van der Waals surface area contributed by atoms with Crippen molar-refractivity contribution >= 4 is 11.7 Å². The van der Waals surface area contributed by atoms with Crippen LogP contribution in [0.25, 0.3) is 5.65 Å². The van der Waals surface area contributed by atoms with E-state index in [0.29, 0.717) is 11.2 Å². The zero-order valence-corrected chi connectivity index (χ0v) is 15.7. The number of ether oxygens (including phenoxy) is 1. The van der Waals surface area contributed by atoms with Gasteiger partial charge in [0.25, 0.3) is 0 Å². The fourth-order valence-corrected chi connectivity index (χ4v) is 3.59. The Morgan fingerprint density at radius 1 is 1.35 bits per heavy atom. The summed E-state index contributed by atoms with van der Waals surface area (Å²) in [6.07, 6.45) is 3.38. The van der Waals surface area contributed by atoms with E-state index in [-0.39, 0.29) is 18.1 Å². The number of hydrogen-bond donors (Lipinski definition) is 1. The maximum atomic E-state index is 12.1. The van der Waals surface area contributed by atoms with Gasteiger partial charge >= 0.3 is 6.09 Å². The first-order valence-corrected chi connectivity index (χ1v) is 9.02. The number of aryl methyl sites for hydroxylation is 1. The molecule has 0 saturated heterocycles. The first kappa shape index (κ1) is 18.2. The predicted octanol–water partition coefficient (Wildman–Crippen LogP) is 3.46. The predicted molar refractivity (Wildman–Crippen MR) is 96.8 cm³/mol. The van der Waals surface area contributed by atoms with Crippen molar-refractivity contribution in [2.24, 2.45) is 0 Å². The van der Waals surface area contributed by atoms with Gasteiger partial charge in [-0.15, -0.1) is 10.2 Å². The molecule has 26 heavy (non-hydrogen) atoms. The molecule has 0 unspecified atom stereocenters. The number of hydrogen-bond acceptors (Lipinski definition) is 5. The maximum absolute atomic E-state index is 12.1. The molecule has 0 spiro atoms. The van der Waals surface area contributed by atoms with Crippen LogP contribution in [-0.2, 0) is 4.74 Å². The van der Waals surface area contributed by atoms with Crippen LogP contribution in [0.1, 0.15) is 69.5 Å². The SMILES string of the molecule is Cc1cc(C#N)cc2nnc([C@H]3CCC[C@@H](NC(=O)OC(C)(C)C)C3)n12. The molecular formula is C19H25N5O2. The highest BCUT2D eigenvalue weighted by Crippen LogP contribution is 2.33. The van der Waals surface area contributed by atoms with Crippen molar-refractivity contribution in [3.05, 3.63) is 29.2 Å². The standard InChI is InChI=1S/C19H25N5O2/c1-12-8-13(11-20)9-16-22-23-17(24(12)16)14-6-5-7-15(10-14)21-18(25)26-19(2,3)4/h8-9,14-15H,5-7,10H2,1-4H3,(H,21,25)/t14-,15+/m0/s1. The maximum Gasteiger partial charge on any atom is 0.407 e. The summed E-state index contributed by atoms with van der Waals surface area (Å²) < 4.78 is 7.38. The van der Waals surface area contributed by atoms with Crippen molar-refractivity contribution in [2.75, 3.05) is 0 Å². The average Bonchev–Trinajstić information content (AvgIpc) is 2.97. The van der Waals surface area contributed by atoms with Crippen LogP contribution >= 0.6 is 0 Å². The molecule has 1 aliphatic rings.